The summed E-state index contributed by atoms with van der Waals surface area (Å²) in [6, 6.07) is 14.5. The van der Waals surface area contributed by atoms with E-state index in [1.165, 1.54) is 23.3 Å². The lowest BCUT2D eigenvalue weighted by Crippen LogP contribution is -2.18. The topological polar surface area (TPSA) is 99.0 Å². The molecule has 3 heterocycles. The van der Waals surface area contributed by atoms with Crippen LogP contribution in [0.4, 0.5) is 5.82 Å². The molecule has 29 heavy (non-hydrogen) atoms. The summed E-state index contributed by atoms with van der Waals surface area (Å²) >= 11 is 0. The second-order valence-corrected chi connectivity index (χ2v) is 6.09. The Balaban J connectivity index is 1.78. The molecule has 0 spiro atoms. The van der Waals surface area contributed by atoms with Crippen molar-refractivity contribution in [2.45, 2.75) is 6.92 Å². The van der Waals surface area contributed by atoms with Crippen molar-refractivity contribution in [3.05, 3.63) is 78.2 Å². The minimum absolute atomic E-state index is 0.143. The summed E-state index contributed by atoms with van der Waals surface area (Å²) < 4.78 is 6.52. The van der Waals surface area contributed by atoms with Crippen LogP contribution in [0.15, 0.2) is 67.1 Å². The fourth-order valence-corrected chi connectivity index (χ4v) is 2.86. The van der Waals surface area contributed by atoms with Crippen molar-refractivity contribution in [1.82, 2.24) is 19.7 Å². The van der Waals surface area contributed by atoms with Crippen LogP contribution in [-0.2, 0) is 4.74 Å². The maximum absolute atomic E-state index is 12.7. The average molecular weight is 387 g/mol. The lowest BCUT2D eigenvalue weighted by atomic mass is 10.2. The van der Waals surface area contributed by atoms with Gasteiger partial charge in [0.25, 0.3) is 5.91 Å². The number of anilines is 1. The first-order valence-electron chi connectivity index (χ1n) is 9.00. The summed E-state index contributed by atoms with van der Waals surface area (Å²) in [7, 11) is 0. The monoisotopic (exact) mass is 387 g/mol. The highest BCUT2D eigenvalue weighted by atomic mass is 16.5. The van der Waals surface area contributed by atoms with E-state index in [-0.39, 0.29) is 18.0 Å². The molecule has 1 N–H and O–H groups in total. The highest BCUT2D eigenvalue weighted by molar-refractivity contribution is 6.07. The number of hydrogen-bond acceptors (Lipinski definition) is 6. The molecule has 0 unspecified atom stereocenters. The quantitative estimate of drug-likeness (QED) is 0.528. The zero-order valence-corrected chi connectivity index (χ0v) is 15.6. The van der Waals surface area contributed by atoms with Crippen LogP contribution < -0.4 is 5.32 Å². The number of hydrogen-bond donors (Lipinski definition) is 1. The van der Waals surface area contributed by atoms with E-state index in [0.717, 1.165) is 10.9 Å². The largest absolute Gasteiger partial charge is 0.462 e. The van der Waals surface area contributed by atoms with Gasteiger partial charge in [-0.3, -0.25) is 9.78 Å². The highest BCUT2D eigenvalue weighted by Crippen LogP contribution is 2.23. The summed E-state index contributed by atoms with van der Waals surface area (Å²) in [6.07, 6.45) is 4.39. The Kier molecular flexibility index (Phi) is 4.98. The number of para-hydroxylation sites is 1. The van der Waals surface area contributed by atoms with Crippen LogP contribution in [0.5, 0.6) is 0 Å². The van der Waals surface area contributed by atoms with Crippen LogP contribution in [0.2, 0.25) is 0 Å². The van der Waals surface area contributed by atoms with Crippen molar-refractivity contribution in [3.8, 4) is 5.82 Å². The number of carbonyl (C=O) groups excluding carboxylic acids is 2. The number of pyridine rings is 2. The molecule has 1 amide bonds. The summed E-state index contributed by atoms with van der Waals surface area (Å²) in [5.41, 5.74) is 1.31. The van der Waals surface area contributed by atoms with E-state index >= 15 is 0 Å². The molecule has 0 saturated heterocycles. The molecule has 0 aliphatic heterocycles. The summed E-state index contributed by atoms with van der Waals surface area (Å²) in [5, 5.41) is 7.99. The molecule has 0 aliphatic rings. The second-order valence-electron chi connectivity index (χ2n) is 6.09. The van der Waals surface area contributed by atoms with E-state index in [2.05, 4.69) is 20.4 Å². The van der Waals surface area contributed by atoms with Crippen LogP contribution >= 0.6 is 0 Å². The molecule has 144 valence electrons. The number of amides is 1. The molecule has 8 heteroatoms. The molecule has 1 aromatic carbocycles. The Morgan fingerprint density at radius 2 is 1.86 bits per heavy atom. The van der Waals surface area contributed by atoms with Gasteiger partial charge in [0.05, 0.1) is 18.3 Å². The first kappa shape index (κ1) is 18.3. The van der Waals surface area contributed by atoms with Gasteiger partial charge in [0.1, 0.15) is 5.56 Å². The molecule has 4 aromatic rings. The number of fused-ring (bicyclic) bond motifs is 1. The normalized spacial score (nSPS) is 10.7. The summed E-state index contributed by atoms with van der Waals surface area (Å²) in [6.45, 7) is 1.92. The Hall–Kier alpha value is -4.07. The van der Waals surface area contributed by atoms with Crippen molar-refractivity contribution < 1.29 is 14.3 Å². The van der Waals surface area contributed by atoms with Crippen molar-refractivity contribution in [3.63, 3.8) is 0 Å². The Morgan fingerprint density at radius 1 is 1.07 bits per heavy atom. The molecule has 3 aromatic heterocycles. The predicted molar refractivity (Wildman–Crippen MR) is 107 cm³/mol. The fraction of sp³-hybridized carbons (Fsp3) is 0.0952. The number of benzene rings is 1. The Bertz CT molecular complexity index is 1190. The predicted octanol–water partition coefficient (Wildman–Crippen LogP) is 3.24. The summed E-state index contributed by atoms with van der Waals surface area (Å²) in [4.78, 5) is 33.6. The van der Waals surface area contributed by atoms with E-state index in [0.29, 0.717) is 11.4 Å². The third-order valence-corrected chi connectivity index (χ3v) is 4.24. The van der Waals surface area contributed by atoms with Gasteiger partial charge in [0.15, 0.2) is 11.6 Å². The van der Waals surface area contributed by atoms with Gasteiger partial charge in [-0.05, 0) is 37.3 Å². The van der Waals surface area contributed by atoms with E-state index in [1.807, 2.05) is 30.3 Å². The number of carbonyl (C=O) groups is 2. The summed E-state index contributed by atoms with van der Waals surface area (Å²) in [5.74, 6) is -0.331. The molecule has 0 aliphatic carbocycles. The number of aromatic nitrogens is 4. The number of esters is 1. The zero-order chi connectivity index (χ0) is 20.2. The molecule has 0 atom stereocenters. The lowest BCUT2D eigenvalue weighted by molar-refractivity contribution is 0.0527. The van der Waals surface area contributed by atoms with Crippen molar-refractivity contribution in [2.24, 2.45) is 0 Å². The van der Waals surface area contributed by atoms with Crippen molar-refractivity contribution >= 4 is 28.6 Å². The highest BCUT2D eigenvalue weighted by Gasteiger charge is 2.22. The van der Waals surface area contributed by atoms with Gasteiger partial charge in [-0.15, -0.1) is 0 Å². The van der Waals surface area contributed by atoms with Crippen LogP contribution in [-0.4, -0.2) is 38.2 Å². The Morgan fingerprint density at radius 3 is 2.66 bits per heavy atom. The molecule has 0 radical (unpaired) electrons. The standard InChI is InChI=1S/C21H17N5O3/c1-2-29-21(28)16-13-23-26(18-8-7-14-5-3-4-6-17(14)24-18)19(16)25-20(27)15-9-11-22-12-10-15/h3-13H,2H2,1H3,(H,25,27). The number of rotatable bonds is 5. The zero-order valence-electron chi connectivity index (χ0n) is 15.6. The number of ether oxygens (including phenoxy) is 1. The van der Waals surface area contributed by atoms with E-state index in [4.69, 9.17) is 4.74 Å². The maximum atomic E-state index is 12.7. The molecular weight excluding hydrogens is 370 g/mol. The van der Waals surface area contributed by atoms with Gasteiger partial charge in [-0.2, -0.15) is 9.78 Å². The van der Waals surface area contributed by atoms with Gasteiger partial charge in [-0.25, -0.2) is 9.78 Å². The molecule has 8 nitrogen and oxygen atoms in total. The molecule has 0 fully saturated rings. The Labute approximate surface area is 166 Å². The molecule has 0 bridgehead atoms. The van der Waals surface area contributed by atoms with Crippen LogP contribution in [0.3, 0.4) is 0 Å². The minimum atomic E-state index is -0.579. The third-order valence-electron chi connectivity index (χ3n) is 4.24. The molecule has 0 saturated carbocycles. The molecular formula is C21H17N5O3. The fourth-order valence-electron chi connectivity index (χ4n) is 2.86. The maximum Gasteiger partial charge on any atom is 0.343 e. The minimum Gasteiger partial charge on any atom is -0.462 e. The van der Waals surface area contributed by atoms with Crippen molar-refractivity contribution in [2.75, 3.05) is 11.9 Å². The van der Waals surface area contributed by atoms with E-state index in [9.17, 15) is 9.59 Å². The van der Waals surface area contributed by atoms with Crippen LogP contribution in [0, 0.1) is 0 Å². The van der Waals surface area contributed by atoms with E-state index < -0.39 is 11.9 Å². The smallest absolute Gasteiger partial charge is 0.343 e. The first-order chi connectivity index (χ1) is 14.2. The first-order valence-corrected chi connectivity index (χ1v) is 9.00. The number of nitrogens with zero attached hydrogens (tertiary/aromatic N) is 4. The van der Waals surface area contributed by atoms with Gasteiger partial charge < -0.3 is 10.1 Å². The van der Waals surface area contributed by atoms with Crippen LogP contribution in [0.25, 0.3) is 16.7 Å². The average Bonchev–Trinajstić information content (AvgIpc) is 3.17. The third kappa shape index (κ3) is 3.68. The van der Waals surface area contributed by atoms with Gasteiger partial charge >= 0.3 is 5.97 Å². The number of nitrogens with one attached hydrogen (secondary N) is 1. The van der Waals surface area contributed by atoms with Gasteiger partial charge in [-0.1, -0.05) is 18.2 Å². The molecule has 4 rings (SSSR count). The van der Waals surface area contributed by atoms with Gasteiger partial charge in [0.2, 0.25) is 0 Å². The van der Waals surface area contributed by atoms with E-state index in [1.54, 1.807) is 25.1 Å². The van der Waals surface area contributed by atoms with Gasteiger partial charge in [0, 0.05) is 23.3 Å². The lowest BCUT2D eigenvalue weighted by Gasteiger charge is -2.11. The SMILES string of the molecule is CCOC(=O)c1cnn(-c2ccc3ccccc3n2)c1NC(=O)c1ccncc1. The van der Waals surface area contributed by atoms with Crippen LogP contribution in [0.1, 0.15) is 27.6 Å². The second kappa shape index (κ2) is 7.89. The van der Waals surface area contributed by atoms with Crippen molar-refractivity contribution in [1.29, 1.82) is 0 Å².